The van der Waals surface area contributed by atoms with Gasteiger partial charge in [0.2, 0.25) is 0 Å². The number of anilines is 1. The van der Waals surface area contributed by atoms with Crippen molar-refractivity contribution < 1.29 is 4.74 Å². The highest BCUT2D eigenvalue weighted by molar-refractivity contribution is 5.84. The van der Waals surface area contributed by atoms with E-state index in [0.717, 1.165) is 36.1 Å². The van der Waals surface area contributed by atoms with Crippen molar-refractivity contribution in [3.8, 4) is 0 Å². The predicted octanol–water partition coefficient (Wildman–Crippen LogP) is 1.74. The molecule has 4 nitrogen and oxygen atoms in total. The Morgan fingerprint density at radius 2 is 2.28 bits per heavy atom. The Labute approximate surface area is 105 Å². The van der Waals surface area contributed by atoms with Crippen LogP contribution in [-0.2, 0) is 11.8 Å². The number of aryl methyl sites for hydroxylation is 1. The second kappa shape index (κ2) is 4.46. The van der Waals surface area contributed by atoms with E-state index in [4.69, 9.17) is 4.74 Å². The molecule has 0 spiro atoms. The second-order valence-corrected chi connectivity index (χ2v) is 4.74. The van der Waals surface area contributed by atoms with Gasteiger partial charge in [-0.3, -0.25) is 4.79 Å². The Kier molecular flexibility index (Phi) is 2.80. The quantitative estimate of drug-likeness (QED) is 0.875. The van der Waals surface area contributed by atoms with E-state index >= 15 is 0 Å². The lowest BCUT2D eigenvalue weighted by atomic mass is 10.1. The third kappa shape index (κ3) is 1.99. The molecule has 1 atom stereocenters. The summed E-state index contributed by atoms with van der Waals surface area (Å²) >= 11 is 0. The van der Waals surface area contributed by atoms with Crippen LogP contribution in [0.25, 0.3) is 10.8 Å². The van der Waals surface area contributed by atoms with E-state index < -0.39 is 0 Å². The van der Waals surface area contributed by atoms with Gasteiger partial charge in [0, 0.05) is 30.9 Å². The van der Waals surface area contributed by atoms with Gasteiger partial charge in [0.05, 0.1) is 12.6 Å². The van der Waals surface area contributed by atoms with Gasteiger partial charge >= 0.3 is 0 Å². The minimum atomic E-state index is 0.0406. The summed E-state index contributed by atoms with van der Waals surface area (Å²) in [6.07, 6.45) is 2.81. The molecule has 1 N–H and O–H groups in total. The van der Waals surface area contributed by atoms with E-state index in [9.17, 15) is 4.79 Å². The largest absolute Gasteiger partial charge is 0.380 e. The van der Waals surface area contributed by atoms with Crippen molar-refractivity contribution >= 4 is 16.5 Å². The summed E-state index contributed by atoms with van der Waals surface area (Å²) in [7, 11) is 1.77. The van der Waals surface area contributed by atoms with Crippen LogP contribution in [0.4, 0.5) is 5.69 Å². The van der Waals surface area contributed by atoms with E-state index in [1.807, 2.05) is 24.3 Å². The monoisotopic (exact) mass is 244 g/mol. The average Bonchev–Trinajstić information content (AvgIpc) is 2.87. The van der Waals surface area contributed by atoms with Crippen molar-refractivity contribution in [1.29, 1.82) is 0 Å². The number of fused-ring (bicyclic) bond motifs is 1. The number of hydrogen-bond acceptors (Lipinski definition) is 3. The fourth-order valence-corrected chi connectivity index (χ4v) is 2.31. The number of benzene rings is 1. The lowest BCUT2D eigenvalue weighted by Crippen LogP contribution is -2.19. The number of aromatic nitrogens is 1. The summed E-state index contributed by atoms with van der Waals surface area (Å²) in [4.78, 5) is 12.0. The fourth-order valence-electron chi connectivity index (χ4n) is 2.31. The molecule has 1 unspecified atom stereocenters. The summed E-state index contributed by atoms with van der Waals surface area (Å²) in [6, 6.07) is 8.24. The number of ether oxygens (including phenoxy) is 1. The number of nitrogens with zero attached hydrogens (tertiary/aromatic N) is 1. The molecule has 0 amide bonds. The third-order valence-electron chi connectivity index (χ3n) is 3.38. The standard InChI is InChI=1S/C14H16N2O2/c1-16-6-4-10-2-3-11(8-13(10)14(16)17)15-12-5-7-18-9-12/h2-4,6,8,12,15H,5,7,9H2,1H3. The van der Waals surface area contributed by atoms with Crippen LogP contribution in [0, 0.1) is 0 Å². The van der Waals surface area contributed by atoms with Crippen molar-refractivity contribution in [2.24, 2.45) is 7.05 Å². The maximum atomic E-state index is 12.0. The van der Waals surface area contributed by atoms with Crippen LogP contribution in [-0.4, -0.2) is 23.8 Å². The summed E-state index contributed by atoms with van der Waals surface area (Å²) in [5.41, 5.74) is 1.03. The van der Waals surface area contributed by atoms with Gasteiger partial charge in [0.15, 0.2) is 0 Å². The topological polar surface area (TPSA) is 43.3 Å². The molecule has 0 bridgehead atoms. The number of hydrogen-bond donors (Lipinski definition) is 1. The maximum absolute atomic E-state index is 12.0. The lowest BCUT2D eigenvalue weighted by Gasteiger charge is -2.12. The summed E-state index contributed by atoms with van der Waals surface area (Å²) in [6.45, 7) is 1.55. The van der Waals surface area contributed by atoms with Gasteiger partial charge in [-0.05, 0) is 30.0 Å². The minimum absolute atomic E-state index is 0.0406. The van der Waals surface area contributed by atoms with E-state index in [1.54, 1.807) is 17.8 Å². The molecular formula is C14H16N2O2. The molecule has 0 radical (unpaired) electrons. The second-order valence-electron chi connectivity index (χ2n) is 4.74. The van der Waals surface area contributed by atoms with Crippen LogP contribution in [0.15, 0.2) is 35.3 Å². The Bertz CT molecular complexity index is 627. The lowest BCUT2D eigenvalue weighted by molar-refractivity contribution is 0.195. The highest BCUT2D eigenvalue weighted by Crippen LogP contribution is 2.18. The molecule has 3 rings (SSSR count). The van der Waals surface area contributed by atoms with Crippen LogP contribution in [0.2, 0.25) is 0 Å². The van der Waals surface area contributed by atoms with E-state index in [-0.39, 0.29) is 5.56 Å². The predicted molar refractivity (Wildman–Crippen MR) is 72.0 cm³/mol. The smallest absolute Gasteiger partial charge is 0.258 e. The van der Waals surface area contributed by atoms with E-state index in [2.05, 4.69) is 5.32 Å². The number of rotatable bonds is 2. The Balaban J connectivity index is 1.99. The van der Waals surface area contributed by atoms with Crippen molar-refractivity contribution in [2.45, 2.75) is 12.5 Å². The zero-order chi connectivity index (χ0) is 12.5. The first-order chi connectivity index (χ1) is 8.74. The minimum Gasteiger partial charge on any atom is -0.380 e. The number of nitrogens with one attached hydrogen (secondary N) is 1. The molecule has 1 aromatic heterocycles. The molecule has 1 aliphatic heterocycles. The van der Waals surface area contributed by atoms with Gasteiger partial charge in [-0.2, -0.15) is 0 Å². The van der Waals surface area contributed by atoms with Crippen LogP contribution in [0.3, 0.4) is 0 Å². The summed E-state index contributed by atoms with van der Waals surface area (Å²) in [5.74, 6) is 0. The molecule has 1 fully saturated rings. The molecule has 2 heterocycles. The molecule has 18 heavy (non-hydrogen) atoms. The van der Waals surface area contributed by atoms with Crippen LogP contribution in [0.5, 0.6) is 0 Å². The Morgan fingerprint density at radius 3 is 3.06 bits per heavy atom. The van der Waals surface area contributed by atoms with E-state index in [0.29, 0.717) is 6.04 Å². The van der Waals surface area contributed by atoms with Crippen LogP contribution < -0.4 is 10.9 Å². The Morgan fingerprint density at radius 1 is 1.39 bits per heavy atom. The molecule has 0 aliphatic carbocycles. The fraction of sp³-hybridized carbons (Fsp3) is 0.357. The number of pyridine rings is 1. The first kappa shape index (κ1) is 11.3. The van der Waals surface area contributed by atoms with Gasteiger partial charge < -0.3 is 14.6 Å². The van der Waals surface area contributed by atoms with Crippen molar-refractivity contribution in [3.63, 3.8) is 0 Å². The molecule has 94 valence electrons. The molecule has 4 heteroatoms. The summed E-state index contributed by atoms with van der Waals surface area (Å²) in [5, 5.41) is 5.14. The van der Waals surface area contributed by atoms with Crippen molar-refractivity contribution in [1.82, 2.24) is 4.57 Å². The van der Waals surface area contributed by atoms with Gasteiger partial charge in [0.25, 0.3) is 5.56 Å². The van der Waals surface area contributed by atoms with Crippen molar-refractivity contribution in [2.75, 3.05) is 18.5 Å². The maximum Gasteiger partial charge on any atom is 0.258 e. The Hall–Kier alpha value is -1.81. The molecular weight excluding hydrogens is 228 g/mol. The third-order valence-corrected chi connectivity index (χ3v) is 3.38. The van der Waals surface area contributed by atoms with Crippen LogP contribution >= 0.6 is 0 Å². The molecule has 1 aromatic carbocycles. The molecule has 1 saturated heterocycles. The highest BCUT2D eigenvalue weighted by Gasteiger charge is 2.15. The molecule has 1 aliphatic rings. The normalized spacial score (nSPS) is 19.3. The zero-order valence-corrected chi connectivity index (χ0v) is 10.3. The highest BCUT2D eigenvalue weighted by atomic mass is 16.5. The summed E-state index contributed by atoms with van der Waals surface area (Å²) < 4.78 is 6.93. The van der Waals surface area contributed by atoms with Crippen LogP contribution in [0.1, 0.15) is 6.42 Å². The SMILES string of the molecule is Cn1ccc2ccc(NC3CCOC3)cc2c1=O. The first-order valence-electron chi connectivity index (χ1n) is 6.18. The van der Waals surface area contributed by atoms with Crippen molar-refractivity contribution in [3.05, 3.63) is 40.8 Å². The average molecular weight is 244 g/mol. The molecule has 0 saturated carbocycles. The first-order valence-corrected chi connectivity index (χ1v) is 6.18. The van der Waals surface area contributed by atoms with Gasteiger partial charge in [-0.25, -0.2) is 0 Å². The zero-order valence-electron chi connectivity index (χ0n) is 10.3. The van der Waals surface area contributed by atoms with E-state index in [1.165, 1.54) is 0 Å². The molecule has 2 aromatic rings. The van der Waals surface area contributed by atoms with Gasteiger partial charge in [-0.15, -0.1) is 0 Å². The van der Waals surface area contributed by atoms with Gasteiger partial charge in [-0.1, -0.05) is 6.07 Å². The van der Waals surface area contributed by atoms with Gasteiger partial charge in [0.1, 0.15) is 0 Å².